The lowest BCUT2D eigenvalue weighted by atomic mass is 9.83. The number of halogens is 1. The molecule has 0 amide bonds. The molecule has 1 unspecified atom stereocenters. The van der Waals surface area contributed by atoms with Gasteiger partial charge in [0.2, 0.25) is 0 Å². The Kier molecular flexibility index (Phi) is 6.01. The predicted molar refractivity (Wildman–Crippen MR) is 77.3 cm³/mol. The number of hydrogen-bond donors (Lipinski definition) is 1. The number of rotatable bonds is 7. The van der Waals surface area contributed by atoms with Gasteiger partial charge in [0.15, 0.2) is 0 Å². The highest BCUT2D eigenvalue weighted by Crippen LogP contribution is 2.30. The van der Waals surface area contributed by atoms with Crippen LogP contribution in [0.5, 0.6) is 0 Å². The first kappa shape index (κ1) is 14.2. The maximum absolute atomic E-state index is 3.55. The summed E-state index contributed by atoms with van der Waals surface area (Å²) in [5.74, 6) is 0. The van der Waals surface area contributed by atoms with E-state index < -0.39 is 0 Å². The third kappa shape index (κ3) is 4.56. The molecule has 92 valence electrons. The van der Waals surface area contributed by atoms with Crippen molar-refractivity contribution in [1.29, 1.82) is 0 Å². The highest BCUT2D eigenvalue weighted by atomic mass is 79.9. The summed E-state index contributed by atoms with van der Waals surface area (Å²) in [6.07, 6.45) is 3.61. The lowest BCUT2D eigenvalue weighted by molar-refractivity contribution is 0.293. The second-order valence-electron chi connectivity index (χ2n) is 4.75. The van der Waals surface area contributed by atoms with E-state index in [1.54, 1.807) is 0 Å². The van der Waals surface area contributed by atoms with Gasteiger partial charge in [0.05, 0.1) is 0 Å². The fourth-order valence-electron chi connectivity index (χ4n) is 1.75. The molecule has 0 aliphatic carbocycles. The number of nitrogens with one attached hydrogen (secondary N) is 1. The van der Waals surface area contributed by atoms with Crippen LogP contribution in [0.3, 0.4) is 0 Å². The minimum Gasteiger partial charge on any atom is -0.316 e. The maximum atomic E-state index is 3.55. The SMILES string of the molecule is CCCNCC(C)(CC)Cc1cc(Br)cs1. The summed E-state index contributed by atoms with van der Waals surface area (Å²) < 4.78 is 1.22. The Morgan fingerprint density at radius 3 is 2.69 bits per heavy atom. The fourth-order valence-corrected chi connectivity index (χ4v) is 3.41. The molecule has 1 rings (SSSR count). The molecule has 0 radical (unpaired) electrons. The van der Waals surface area contributed by atoms with Crippen molar-refractivity contribution in [2.24, 2.45) is 5.41 Å². The van der Waals surface area contributed by atoms with Gasteiger partial charge in [-0.2, -0.15) is 0 Å². The van der Waals surface area contributed by atoms with Gasteiger partial charge in [-0.05, 0) is 53.2 Å². The van der Waals surface area contributed by atoms with E-state index >= 15 is 0 Å². The first-order chi connectivity index (χ1) is 7.59. The van der Waals surface area contributed by atoms with Gasteiger partial charge >= 0.3 is 0 Å². The van der Waals surface area contributed by atoms with Crippen LogP contribution in [0.25, 0.3) is 0 Å². The van der Waals surface area contributed by atoms with Gasteiger partial charge in [-0.15, -0.1) is 11.3 Å². The normalized spacial score (nSPS) is 15.0. The Bertz CT molecular complexity index is 311. The van der Waals surface area contributed by atoms with Gasteiger partial charge in [-0.1, -0.05) is 20.8 Å². The molecule has 1 nitrogen and oxygen atoms in total. The lowest BCUT2D eigenvalue weighted by Gasteiger charge is -2.28. The van der Waals surface area contributed by atoms with Crippen LogP contribution in [-0.4, -0.2) is 13.1 Å². The molecule has 3 heteroatoms. The van der Waals surface area contributed by atoms with Crippen molar-refractivity contribution in [3.63, 3.8) is 0 Å². The van der Waals surface area contributed by atoms with Crippen LogP contribution in [0, 0.1) is 5.41 Å². The second kappa shape index (κ2) is 6.77. The topological polar surface area (TPSA) is 12.0 Å². The average molecular weight is 304 g/mol. The molecule has 0 aliphatic heterocycles. The van der Waals surface area contributed by atoms with Gasteiger partial charge in [0.1, 0.15) is 0 Å². The Morgan fingerprint density at radius 2 is 2.19 bits per heavy atom. The van der Waals surface area contributed by atoms with Gasteiger partial charge in [0, 0.05) is 21.3 Å². The largest absolute Gasteiger partial charge is 0.316 e. The molecule has 0 spiro atoms. The molecule has 0 saturated carbocycles. The smallest absolute Gasteiger partial charge is 0.0285 e. The summed E-state index contributed by atoms with van der Waals surface area (Å²) in [7, 11) is 0. The van der Waals surface area contributed by atoms with E-state index in [4.69, 9.17) is 0 Å². The Morgan fingerprint density at radius 1 is 1.44 bits per heavy atom. The summed E-state index contributed by atoms with van der Waals surface area (Å²) in [5, 5.41) is 5.72. The highest BCUT2D eigenvalue weighted by Gasteiger charge is 2.22. The molecule has 1 heterocycles. The van der Waals surface area contributed by atoms with E-state index in [-0.39, 0.29) is 0 Å². The van der Waals surface area contributed by atoms with Crippen molar-refractivity contribution in [1.82, 2.24) is 5.32 Å². The van der Waals surface area contributed by atoms with E-state index in [0.717, 1.165) is 13.1 Å². The van der Waals surface area contributed by atoms with Gasteiger partial charge in [0.25, 0.3) is 0 Å². The molecular formula is C13H22BrNS. The van der Waals surface area contributed by atoms with E-state index in [0.29, 0.717) is 5.41 Å². The van der Waals surface area contributed by atoms with Crippen LogP contribution >= 0.6 is 27.3 Å². The summed E-state index contributed by atoms with van der Waals surface area (Å²) in [4.78, 5) is 1.48. The van der Waals surface area contributed by atoms with Gasteiger partial charge in [-0.25, -0.2) is 0 Å². The van der Waals surface area contributed by atoms with Crippen molar-refractivity contribution in [3.8, 4) is 0 Å². The standard InChI is InChI=1S/C13H22BrNS/c1-4-6-15-10-13(3,5-2)8-12-7-11(14)9-16-12/h7,9,15H,4-6,8,10H2,1-3H3. The Hall–Kier alpha value is 0.140. The minimum atomic E-state index is 0.388. The molecule has 1 aromatic heterocycles. The third-order valence-corrected chi connectivity index (χ3v) is 4.75. The van der Waals surface area contributed by atoms with Crippen LogP contribution in [-0.2, 0) is 6.42 Å². The second-order valence-corrected chi connectivity index (χ2v) is 6.66. The van der Waals surface area contributed by atoms with Crippen LogP contribution in [0.1, 0.15) is 38.5 Å². The van der Waals surface area contributed by atoms with Crippen molar-refractivity contribution in [2.75, 3.05) is 13.1 Å². The summed E-state index contributed by atoms with van der Waals surface area (Å²) >= 11 is 5.38. The fraction of sp³-hybridized carbons (Fsp3) is 0.692. The minimum absolute atomic E-state index is 0.388. The van der Waals surface area contributed by atoms with Crippen LogP contribution in [0.2, 0.25) is 0 Å². The Balaban J connectivity index is 2.51. The van der Waals surface area contributed by atoms with Crippen LogP contribution < -0.4 is 5.32 Å². The van der Waals surface area contributed by atoms with Gasteiger partial charge in [-0.3, -0.25) is 0 Å². The van der Waals surface area contributed by atoms with E-state index in [1.807, 2.05) is 11.3 Å². The summed E-state index contributed by atoms with van der Waals surface area (Å²) in [6.45, 7) is 9.13. The van der Waals surface area contributed by atoms with E-state index in [2.05, 4.69) is 53.5 Å². The molecule has 0 saturated heterocycles. The average Bonchev–Trinajstić information content (AvgIpc) is 2.64. The first-order valence-electron chi connectivity index (χ1n) is 6.03. The molecule has 1 aromatic rings. The van der Waals surface area contributed by atoms with Crippen molar-refractivity contribution >= 4 is 27.3 Å². The molecule has 0 fully saturated rings. The van der Waals surface area contributed by atoms with Crippen molar-refractivity contribution in [3.05, 3.63) is 20.8 Å². The number of thiophene rings is 1. The maximum Gasteiger partial charge on any atom is 0.0285 e. The van der Waals surface area contributed by atoms with Gasteiger partial charge < -0.3 is 5.32 Å². The summed E-state index contributed by atoms with van der Waals surface area (Å²) in [6, 6.07) is 2.25. The molecule has 0 aliphatic rings. The zero-order chi connectivity index (χ0) is 12.0. The van der Waals surface area contributed by atoms with Crippen LogP contribution in [0.4, 0.5) is 0 Å². The summed E-state index contributed by atoms with van der Waals surface area (Å²) in [5.41, 5.74) is 0.388. The van der Waals surface area contributed by atoms with E-state index in [1.165, 1.54) is 28.6 Å². The molecular weight excluding hydrogens is 282 g/mol. The molecule has 1 N–H and O–H groups in total. The van der Waals surface area contributed by atoms with Crippen LogP contribution in [0.15, 0.2) is 15.9 Å². The van der Waals surface area contributed by atoms with Crippen molar-refractivity contribution < 1.29 is 0 Å². The first-order valence-corrected chi connectivity index (χ1v) is 7.70. The number of hydrogen-bond acceptors (Lipinski definition) is 2. The lowest BCUT2D eigenvalue weighted by Crippen LogP contribution is -2.33. The molecule has 0 bridgehead atoms. The molecule has 0 aromatic carbocycles. The van der Waals surface area contributed by atoms with Crippen molar-refractivity contribution in [2.45, 2.75) is 40.0 Å². The monoisotopic (exact) mass is 303 g/mol. The zero-order valence-corrected chi connectivity index (χ0v) is 12.9. The molecule has 1 atom stereocenters. The zero-order valence-electron chi connectivity index (χ0n) is 10.5. The van der Waals surface area contributed by atoms with E-state index in [9.17, 15) is 0 Å². The Labute approximate surface area is 112 Å². The predicted octanol–water partition coefficient (Wildman–Crippen LogP) is 4.47. The quantitative estimate of drug-likeness (QED) is 0.733. The molecule has 16 heavy (non-hydrogen) atoms. The highest BCUT2D eigenvalue weighted by molar-refractivity contribution is 9.10. The third-order valence-electron chi connectivity index (χ3n) is 3.05.